The SMILES string of the molecule is CCN(CC)S(=O)(=O)c1cc(C(=O)NC(C)CCC(C)C)ccc1Cl. The van der Waals surface area contributed by atoms with Gasteiger partial charge in [0.05, 0.1) is 5.02 Å². The van der Waals surface area contributed by atoms with Crippen molar-refractivity contribution in [2.24, 2.45) is 5.92 Å². The van der Waals surface area contributed by atoms with Crippen LogP contribution in [0.3, 0.4) is 0 Å². The van der Waals surface area contributed by atoms with E-state index in [1.807, 2.05) is 6.92 Å². The molecule has 142 valence electrons. The number of hydrogen-bond acceptors (Lipinski definition) is 3. The lowest BCUT2D eigenvalue weighted by Crippen LogP contribution is -2.33. The molecular formula is C18H29ClN2O3S. The van der Waals surface area contributed by atoms with E-state index in [1.165, 1.54) is 16.4 Å². The van der Waals surface area contributed by atoms with Gasteiger partial charge < -0.3 is 5.32 Å². The summed E-state index contributed by atoms with van der Waals surface area (Å²) in [4.78, 5) is 12.4. The predicted octanol–water partition coefficient (Wildman–Crippen LogP) is 3.93. The number of rotatable bonds is 9. The summed E-state index contributed by atoms with van der Waals surface area (Å²) >= 11 is 6.10. The molecule has 1 unspecified atom stereocenters. The number of hydrogen-bond donors (Lipinski definition) is 1. The van der Waals surface area contributed by atoms with Crippen LogP contribution >= 0.6 is 11.6 Å². The second kappa shape index (κ2) is 9.55. The van der Waals surface area contributed by atoms with Gasteiger partial charge in [-0.2, -0.15) is 4.31 Å². The molecule has 0 aliphatic heterocycles. The molecule has 0 aliphatic rings. The molecule has 1 aromatic carbocycles. The Morgan fingerprint density at radius 3 is 2.28 bits per heavy atom. The molecule has 1 amide bonds. The first-order chi connectivity index (χ1) is 11.6. The van der Waals surface area contributed by atoms with Crippen molar-refractivity contribution in [1.29, 1.82) is 0 Å². The third-order valence-electron chi connectivity index (χ3n) is 4.07. The van der Waals surface area contributed by atoms with Crippen molar-refractivity contribution in [2.75, 3.05) is 13.1 Å². The number of amides is 1. The van der Waals surface area contributed by atoms with Gasteiger partial charge in [-0.25, -0.2) is 8.42 Å². The second-order valence-electron chi connectivity index (χ2n) is 6.58. The Kier molecular flexibility index (Phi) is 8.38. The number of nitrogens with zero attached hydrogens (tertiary/aromatic N) is 1. The van der Waals surface area contributed by atoms with Crippen LogP contribution in [0.5, 0.6) is 0 Å². The fourth-order valence-electron chi connectivity index (χ4n) is 2.51. The minimum atomic E-state index is -3.72. The number of nitrogens with one attached hydrogen (secondary N) is 1. The van der Waals surface area contributed by atoms with Crippen molar-refractivity contribution in [1.82, 2.24) is 9.62 Å². The molecule has 0 fully saturated rings. The number of benzene rings is 1. The van der Waals surface area contributed by atoms with Crippen LogP contribution in [-0.4, -0.2) is 37.8 Å². The maximum Gasteiger partial charge on any atom is 0.251 e. The molecule has 0 aliphatic carbocycles. The first-order valence-electron chi connectivity index (χ1n) is 8.74. The van der Waals surface area contributed by atoms with Gasteiger partial charge >= 0.3 is 0 Å². The van der Waals surface area contributed by atoms with E-state index in [0.29, 0.717) is 24.6 Å². The van der Waals surface area contributed by atoms with Gasteiger partial charge in [0.1, 0.15) is 4.90 Å². The molecule has 1 rings (SSSR count). The van der Waals surface area contributed by atoms with Crippen LogP contribution in [0.2, 0.25) is 5.02 Å². The summed E-state index contributed by atoms with van der Waals surface area (Å²) in [5.41, 5.74) is 0.298. The minimum Gasteiger partial charge on any atom is -0.350 e. The van der Waals surface area contributed by atoms with Crippen LogP contribution in [-0.2, 0) is 10.0 Å². The lowest BCUT2D eigenvalue weighted by atomic mass is 10.0. The summed E-state index contributed by atoms with van der Waals surface area (Å²) < 4.78 is 26.7. The van der Waals surface area contributed by atoms with E-state index >= 15 is 0 Å². The summed E-state index contributed by atoms with van der Waals surface area (Å²) in [5, 5.41) is 3.04. The summed E-state index contributed by atoms with van der Waals surface area (Å²) in [6.07, 6.45) is 1.89. The Morgan fingerprint density at radius 2 is 1.76 bits per heavy atom. The molecule has 1 atom stereocenters. The number of halogens is 1. The topological polar surface area (TPSA) is 66.5 Å². The standard InChI is InChI=1S/C18H29ClN2O3S/c1-6-21(7-2)25(23,24)17-12-15(10-11-16(17)19)18(22)20-14(5)9-8-13(3)4/h10-14H,6-9H2,1-5H3,(H,20,22). The smallest absolute Gasteiger partial charge is 0.251 e. The van der Waals surface area contributed by atoms with E-state index in [4.69, 9.17) is 11.6 Å². The van der Waals surface area contributed by atoms with Crippen molar-refractivity contribution in [3.63, 3.8) is 0 Å². The van der Waals surface area contributed by atoms with Crippen LogP contribution in [0.25, 0.3) is 0 Å². The molecule has 0 aromatic heterocycles. The van der Waals surface area contributed by atoms with Crippen molar-refractivity contribution >= 4 is 27.5 Å². The molecule has 7 heteroatoms. The minimum absolute atomic E-state index is 0.0217. The highest BCUT2D eigenvalue weighted by Crippen LogP contribution is 2.26. The highest BCUT2D eigenvalue weighted by molar-refractivity contribution is 7.89. The lowest BCUT2D eigenvalue weighted by Gasteiger charge is -2.20. The van der Waals surface area contributed by atoms with Crippen molar-refractivity contribution in [3.8, 4) is 0 Å². The van der Waals surface area contributed by atoms with Gasteiger partial charge in [0.15, 0.2) is 0 Å². The fraction of sp³-hybridized carbons (Fsp3) is 0.611. The quantitative estimate of drug-likeness (QED) is 0.697. The summed E-state index contributed by atoms with van der Waals surface area (Å²) in [5.74, 6) is 0.282. The van der Waals surface area contributed by atoms with Gasteiger partial charge in [0.2, 0.25) is 10.0 Å². The van der Waals surface area contributed by atoms with E-state index < -0.39 is 10.0 Å². The lowest BCUT2D eigenvalue weighted by molar-refractivity contribution is 0.0937. The number of carbonyl (C=O) groups is 1. The summed E-state index contributed by atoms with van der Waals surface area (Å²) in [7, 11) is -3.72. The molecule has 0 radical (unpaired) electrons. The Balaban J connectivity index is 3.03. The highest BCUT2D eigenvalue weighted by atomic mass is 35.5. The van der Waals surface area contributed by atoms with Gasteiger partial charge in [0, 0.05) is 24.7 Å². The Hall–Kier alpha value is -1.11. The van der Waals surface area contributed by atoms with E-state index in [1.54, 1.807) is 19.9 Å². The van der Waals surface area contributed by atoms with E-state index in [0.717, 1.165) is 12.8 Å². The highest BCUT2D eigenvalue weighted by Gasteiger charge is 2.25. The number of carbonyl (C=O) groups excluding carboxylic acids is 1. The Labute approximate surface area is 156 Å². The molecular weight excluding hydrogens is 360 g/mol. The average molecular weight is 389 g/mol. The van der Waals surface area contributed by atoms with Gasteiger partial charge in [0.25, 0.3) is 5.91 Å². The second-order valence-corrected chi connectivity index (χ2v) is 8.89. The molecule has 0 saturated carbocycles. The third-order valence-corrected chi connectivity index (χ3v) is 6.60. The molecule has 0 spiro atoms. The van der Waals surface area contributed by atoms with Crippen LogP contribution in [0, 0.1) is 5.92 Å². The summed E-state index contributed by atoms with van der Waals surface area (Å²) in [6, 6.07) is 4.40. The maximum absolute atomic E-state index is 12.7. The first-order valence-corrected chi connectivity index (χ1v) is 10.6. The van der Waals surface area contributed by atoms with Crippen molar-refractivity contribution in [3.05, 3.63) is 28.8 Å². The first kappa shape index (κ1) is 21.9. The van der Waals surface area contributed by atoms with Crippen LogP contribution in [0.15, 0.2) is 23.1 Å². The van der Waals surface area contributed by atoms with Gasteiger partial charge in [-0.3, -0.25) is 4.79 Å². The molecule has 5 nitrogen and oxygen atoms in total. The average Bonchev–Trinajstić information content (AvgIpc) is 2.53. The zero-order chi connectivity index (χ0) is 19.2. The van der Waals surface area contributed by atoms with Crippen molar-refractivity contribution < 1.29 is 13.2 Å². The molecule has 1 aromatic rings. The monoisotopic (exact) mass is 388 g/mol. The molecule has 0 saturated heterocycles. The number of sulfonamides is 1. The van der Waals surface area contributed by atoms with Crippen LogP contribution in [0.4, 0.5) is 0 Å². The Bertz CT molecular complexity index is 686. The zero-order valence-corrected chi connectivity index (χ0v) is 17.2. The maximum atomic E-state index is 12.7. The molecule has 0 heterocycles. The predicted molar refractivity (Wildman–Crippen MR) is 103 cm³/mol. The molecule has 0 bridgehead atoms. The molecule has 25 heavy (non-hydrogen) atoms. The third kappa shape index (κ3) is 5.97. The fourth-order valence-corrected chi connectivity index (χ4v) is 4.47. The van der Waals surface area contributed by atoms with Crippen molar-refractivity contribution in [2.45, 2.75) is 58.4 Å². The van der Waals surface area contributed by atoms with E-state index in [2.05, 4.69) is 19.2 Å². The summed E-state index contributed by atoms with van der Waals surface area (Å²) in [6.45, 7) is 10.4. The van der Waals surface area contributed by atoms with Gasteiger partial charge in [-0.15, -0.1) is 0 Å². The van der Waals surface area contributed by atoms with Gasteiger partial charge in [-0.1, -0.05) is 39.3 Å². The van der Waals surface area contributed by atoms with E-state index in [-0.39, 0.29) is 21.9 Å². The zero-order valence-electron chi connectivity index (χ0n) is 15.7. The largest absolute Gasteiger partial charge is 0.350 e. The van der Waals surface area contributed by atoms with Crippen LogP contribution in [0.1, 0.15) is 57.8 Å². The Morgan fingerprint density at radius 1 is 1.16 bits per heavy atom. The van der Waals surface area contributed by atoms with Gasteiger partial charge in [-0.05, 0) is 43.9 Å². The van der Waals surface area contributed by atoms with E-state index in [9.17, 15) is 13.2 Å². The normalized spacial score (nSPS) is 13.3. The molecule has 1 N–H and O–H groups in total. The van der Waals surface area contributed by atoms with Crippen LogP contribution < -0.4 is 5.32 Å².